The highest BCUT2D eigenvalue weighted by Crippen LogP contribution is 2.37. The summed E-state index contributed by atoms with van der Waals surface area (Å²) in [4.78, 5) is 36.2. The molecular weight excluding hydrogens is 463 g/mol. The Morgan fingerprint density at radius 3 is 2.49 bits per heavy atom. The number of rotatable bonds is 6. The first-order valence-corrected chi connectivity index (χ1v) is 11.3. The van der Waals surface area contributed by atoms with E-state index in [0.29, 0.717) is 36.2 Å². The third kappa shape index (κ3) is 5.37. The van der Waals surface area contributed by atoms with Crippen LogP contribution in [0.4, 0.5) is 30.2 Å². The second-order valence-corrected chi connectivity index (χ2v) is 8.33. The number of fused-ring (bicyclic) bond motifs is 1. The van der Waals surface area contributed by atoms with E-state index in [1.54, 1.807) is 23.1 Å². The number of hydrogen-bond acceptors (Lipinski definition) is 7. The Bertz CT molecular complexity index is 1160. The predicted molar refractivity (Wildman–Crippen MR) is 125 cm³/mol. The maximum absolute atomic E-state index is 13.1. The summed E-state index contributed by atoms with van der Waals surface area (Å²) in [5, 5.41) is 5.92. The maximum Gasteiger partial charge on any atom is 0.433 e. The fraction of sp³-hybridized carbons (Fsp3) is 0.391. The monoisotopic (exact) mass is 489 g/mol. The molecule has 1 aromatic heterocycles. The van der Waals surface area contributed by atoms with E-state index < -0.39 is 23.6 Å². The summed E-state index contributed by atoms with van der Waals surface area (Å²) in [7, 11) is 0. The number of likely N-dealkylation sites (N-methyl/N-ethyl adjacent to an activating group) is 1. The molecule has 35 heavy (non-hydrogen) atoms. The minimum absolute atomic E-state index is 0.0220. The normalized spacial score (nSPS) is 17.3. The van der Waals surface area contributed by atoms with Crippen molar-refractivity contribution in [2.24, 2.45) is 5.73 Å². The van der Waals surface area contributed by atoms with E-state index in [0.717, 1.165) is 32.1 Å². The smallest absolute Gasteiger partial charge is 0.365 e. The van der Waals surface area contributed by atoms with Crippen LogP contribution in [-0.2, 0) is 15.8 Å². The molecule has 2 aliphatic heterocycles. The molecule has 0 unspecified atom stereocenters. The van der Waals surface area contributed by atoms with Gasteiger partial charge in [-0.3, -0.25) is 14.5 Å². The lowest BCUT2D eigenvalue weighted by Crippen LogP contribution is -2.42. The molecule has 1 saturated heterocycles. The van der Waals surface area contributed by atoms with Crippen molar-refractivity contribution in [3.63, 3.8) is 0 Å². The number of alkyl halides is 3. The number of nitrogens with two attached hydrogens (primary N) is 1. The number of amides is 2. The van der Waals surface area contributed by atoms with Gasteiger partial charge in [0, 0.05) is 18.4 Å². The van der Waals surface area contributed by atoms with Crippen molar-refractivity contribution in [2.45, 2.75) is 32.4 Å². The number of hydrogen-bond donors (Lipinski definition) is 3. The van der Waals surface area contributed by atoms with Gasteiger partial charge in [0.15, 0.2) is 5.82 Å². The van der Waals surface area contributed by atoms with Crippen molar-refractivity contribution in [3.05, 3.63) is 47.8 Å². The lowest BCUT2D eigenvalue weighted by molar-refractivity contribution is -0.141. The zero-order chi connectivity index (χ0) is 25.2. The first-order chi connectivity index (χ1) is 16.7. The van der Waals surface area contributed by atoms with E-state index in [4.69, 9.17) is 5.73 Å². The minimum atomic E-state index is -4.70. The van der Waals surface area contributed by atoms with E-state index in [9.17, 15) is 22.8 Å². The highest BCUT2D eigenvalue weighted by molar-refractivity contribution is 6.20. The summed E-state index contributed by atoms with van der Waals surface area (Å²) in [6, 6.07) is 5.92. The topological polar surface area (TPSA) is 116 Å². The summed E-state index contributed by atoms with van der Waals surface area (Å²) >= 11 is 0. The van der Waals surface area contributed by atoms with Crippen molar-refractivity contribution >= 4 is 34.4 Å². The number of benzene rings is 1. The van der Waals surface area contributed by atoms with Crippen LogP contribution in [0, 0.1) is 0 Å². The molecule has 0 saturated carbocycles. The zero-order valence-electron chi connectivity index (χ0n) is 19.2. The van der Waals surface area contributed by atoms with Crippen LogP contribution in [-0.4, -0.2) is 52.9 Å². The molecule has 186 valence electrons. The van der Waals surface area contributed by atoms with Crippen molar-refractivity contribution in [1.29, 1.82) is 0 Å². The molecule has 0 aliphatic carbocycles. The number of aromatic nitrogens is 2. The van der Waals surface area contributed by atoms with Crippen LogP contribution in [0.25, 0.3) is 5.57 Å². The van der Waals surface area contributed by atoms with E-state index in [-0.39, 0.29) is 17.3 Å². The van der Waals surface area contributed by atoms with E-state index in [2.05, 4.69) is 25.5 Å². The highest BCUT2D eigenvalue weighted by Gasteiger charge is 2.34. The molecule has 0 bridgehead atoms. The maximum atomic E-state index is 13.1. The largest absolute Gasteiger partial charge is 0.433 e. The van der Waals surface area contributed by atoms with Crippen LogP contribution in [0.2, 0.25) is 0 Å². The quantitative estimate of drug-likeness (QED) is 0.534. The van der Waals surface area contributed by atoms with Gasteiger partial charge in [0.05, 0.1) is 17.9 Å². The Labute approximate surface area is 200 Å². The second kappa shape index (κ2) is 9.90. The molecule has 9 nitrogen and oxygen atoms in total. The molecule has 1 fully saturated rings. The number of likely N-dealkylation sites (tertiary alicyclic amines) is 1. The Hall–Kier alpha value is -3.67. The Morgan fingerprint density at radius 2 is 1.83 bits per heavy atom. The average molecular weight is 490 g/mol. The SMILES string of the molecule is CCN(C(=O)CN1CCCCC1)c1ccc2c(c1)N/C(=C(/C(N)=O)c1nccc(C(F)(F)F)n1)N2. The summed E-state index contributed by atoms with van der Waals surface area (Å²) in [5.74, 6) is -1.42. The van der Waals surface area contributed by atoms with Gasteiger partial charge in [0.2, 0.25) is 5.91 Å². The molecule has 0 spiro atoms. The molecule has 4 N–H and O–H groups in total. The summed E-state index contributed by atoms with van der Waals surface area (Å²) in [6.07, 6.45) is -0.437. The summed E-state index contributed by atoms with van der Waals surface area (Å²) in [6.45, 7) is 4.49. The summed E-state index contributed by atoms with van der Waals surface area (Å²) < 4.78 is 39.3. The van der Waals surface area contributed by atoms with Crippen LogP contribution in [0.15, 0.2) is 36.3 Å². The van der Waals surface area contributed by atoms with Gasteiger partial charge >= 0.3 is 6.18 Å². The molecule has 0 atom stereocenters. The standard InChI is InChI=1S/C23H26F3N7O2/c1-2-33(18(34)13-32-10-4-3-5-11-32)14-6-7-15-16(12-14)30-22(29-15)19(20(27)35)21-28-9-8-17(31-21)23(24,25)26/h6-9,12,29-30H,2-5,10-11,13H2,1H3,(H2,27,35)/b22-19-. The van der Waals surface area contributed by atoms with Crippen LogP contribution in [0.5, 0.6) is 0 Å². The van der Waals surface area contributed by atoms with Gasteiger partial charge in [0.25, 0.3) is 5.91 Å². The van der Waals surface area contributed by atoms with Gasteiger partial charge in [-0.2, -0.15) is 13.2 Å². The van der Waals surface area contributed by atoms with E-state index in [1.807, 2.05) is 6.92 Å². The van der Waals surface area contributed by atoms with Gasteiger partial charge < -0.3 is 21.3 Å². The Balaban J connectivity index is 1.60. The molecule has 3 heterocycles. The second-order valence-electron chi connectivity index (χ2n) is 8.33. The van der Waals surface area contributed by atoms with Gasteiger partial charge in [-0.1, -0.05) is 6.42 Å². The Morgan fingerprint density at radius 1 is 1.11 bits per heavy atom. The lowest BCUT2D eigenvalue weighted by Gasteiger charge is -2.29. The van der Waals surface area contributed by atoms with Crippen molar-refractivity contribution in [1.82, 2.24) is 14.9 Å². The first-order valence-electron chi connectivity index (χ1n) is 11.3. The Kier molecular flexibility index (Phi) is 6.92. The third-order valence-corrected chi connectivity index (χ3v) is 5.93. The van der Waals surface area contributed by atoms with Gasteiger partial charge in [0.1, 0.15) is 17.1 Å². The van der Waals surface area contributed by atoms with Gasteiger partial charge in [-0.05, 0) is 57.1 Å². The number of halogens is 3. The molecule has 4 rings (SSSR count). The van der Waals surface area contributed by atoms with E-state index in [1.165, 1.54) is 6.42 Å². The molecule has 12 heteroatoms. The molecule has 2 aliphatic rings. The molecule has 2 aromatic rings. The molecule has 1 aromatic carbocycles. The average Bonchev–Trinajstić information content (AvgIpc) is 3.22. The minimum Gasteiger partial charge on any atom is -0.365 e. The fourth-order valence-electron chi connectivity index (χ4n) is 4.22. The first kappa shape index (κ1) is 24.5. The van der Waals surface area contributed by atoms with Crippen molar-refractivity contribution < 1.29 is 22.8 Å². The summed E-state index contributed by atoms with van der Waals surface area (Å²) in [5.41, 5.74) is 5.72. The predicted octanol–water partition coefficient (Wildman–Crippen LogP) is 3.03. The number of nitrogens with one attached hydrogen (secondary N) is 2. The van der Waals surface area contributed by atoms with E-state index >= 15 is 0 Å². The number of primary amides is 1. The lowest BCUT2D eigenvalue weighted by atomic mass is 10.1. The fourth-order valence-corrected chi connectivity index (χ4v) is 4.22. The van der Waals surface area contributed by atoms with Crippen molar-refractivity contribution in [2.75, 3.05) is 41.7 Å². The highest BCUT2D eigenvalue weighted by atomic mass is 19.4. The van der Waals surface area contributed by atoms with Crippen LogP contribution < -0.4 is 21.3 Å². The number of carbonyl (C=O) groups is 2. The van der Waals surface area contributed by atoms with Crippen LogP contribution >= 0.6 is 0 Å². The zero-order valence-corrected chi connectivity index (χ0v) is 19.2. The number of carbonyl (C=O) groups excluding carboxylic acids is 2. The molecule has 2 amide bonds. The van der Waals surface area contributed by atoms with Crippen LogP contribution in [0.1, 0.15) is 37.7 Å². The van der Waals surface area contributed by atoms with Gasteiger partial charge in [-0.15, -0.1) is 0 Å². The third-order valence-electron chi connectivity index (χ3n) is 5.93. The number of anilines is 3. The van der Waals surface area contributed by atoms with Gasteiger partial charge in [-0.25, -0.2) is 9.97 Å². The molecular formula is C23H26F3N7O2. The number of piperidine rings is 1. The number of nitrogens with zero attached hydrogens (tertiary/aromatic N) is 4. The van der Waals surface area contributed by atoms with Crippen molar-refractivity contribution in [3.8, 4) is 0 Å². The molecule has 0 radical (unpaired) electrons. The van der Waals surface area contributed by atoms with Crippen LogP contribution in [0.3, 0.4) is 0 Å².